The number of anilines is 2. The van der Waals surface area contributed by atoms with Crippen LogP contribution in [0.4, 0.5) is 20.2 Å². The molecule has 0 aliphatic heterocycles. The summed E-state index contributed by atoms with van der Waals surface area (Å²) in [4.78, 5) is 21.6. The van der Waals surface area contributed by atoms with Gasteiger partial charge in [-0.25, -0.2) is 8.78 Å². The molecule has 0 radical (unpaired) electrons. The molecule has 158 valence electrons. The number of pyridine rings is 2. The van der Waals surface area contributed by atoms with Crippen LogP contribution in [-0.2, 0) is 11.8 Å². The lowest BCUT2D eigenvalue weighted by atomic mass is 10.0. The third-order valence-corrected chi connectivity index (χ3v) is 4.95. The van der Waals surface area contributed by atoms with Crippen LogP contribution in [0.3, 0.4) is 0 Å². The molecule has 3 aromatic heterocycles. The Labute approximate surface area is 176 Å². The topological polar surface area (TPSA) is 73.1 Å². The van der Waals surface area contributed by atoms with Crippen molar-refractivity contribution >= 4 is 28.2 Å². The first-order valence-corrected chi connectivity index (χ1v) is 9.38. The van der Waals surface area contributed by atoms with E-state index in [2.05, 4.69) is 15.1 Å². The number of nitrogens with zero attached hydrogens (tertiary/aromatic N) is 5. The predicted molar refractivity (Wildman–Crippen MR) is 112 cm³/mol. The minimum absolute atomic E-state index is 0.328. The Balaban J connectivity index is 2.07. The lowest BCUT2D eigenvalue weighted by Crippen LogP contribution is -2.26. The van der Waals surface area contributed by atoms with E-state index in [4.69, 9.17) is 4.74 Å². The average Bonchev–Trinajstić information content (AvgIpc) is 3.16. The van der Waals surface area contributed by atoms with Crippen molar-refractivity contribution in [1.29, 1.82) is 0 Å². The maximum Gasteiger partial charge on any atom is 0.228 e. The highest BCUT2D eigenvalue weighted by Gasteiger charge is 2.26. The van der Waals surface area contributed by atoms with Gasteiger partial charge in [-0.2, -0.15) is 5.10 Å². The zero-order valence-electron chi connectivity index (χ0n) is 17.3. The van der Waals surface area contributed by atoms with E-state index in [9.17, 15) is 13.6 Å². The van der Waals surface area contributed by atoms with Gasteiger partial charge in [0.05, 0.1) is 36.9 Å². The van der Waals surface area contributed by atoms with Crippen LogP contribution in [0, 0.1) is 18.6 Å². The molecule has 0 saturated heterocycles. The number of hydrogen-bond acceptors (Lipinski definition) is 5. The number of aryl methyl sites for hydroxylation is 2. The lowest BCUT2D eigenvalue weighted by molar-refractivity contribution is -0.115. The van der Waals surface area contributed by atoms with Crippen molar-refractivity contribution < 1.29 is 18.3 Å². The number of carbonyl (C=O) groups excluding carboxylic acids is 1. The van der Waals surface area contributed by atoms with Gasteiger partial charge in [0.15, 0.2) is 11.6 Å². The van der Waals surface area contributed by atoms with Crippen molar-refractivity contribution in [3.05, 3.63) is 60.3 Å². The second-order valence-corrected chi connectivity index (χ2v) is 7.07. The first kappa shape index (κ1) is 20.4. The molecule has 1 amide bonds. The monoisotopic (exact) mass is 423 g/mol. The maximum absolute atomic E-state index is 14.6. The number of methoxy groups -OCH3 is 1. The number of fused-ring (bicyclic) bond motifs is 1. The Morgan fingerprint density at radius 1 is 1.10 bits per heavy atom. The summed E-state index contributed by atoms with van der Waals surface area (Å²) in [6.07, 6.45) is 6.79. The van der Waals surface area contributed by atoms with E-state index in [0.29, 0.717) is 33.5 Å². The summed E-state index contributed by atoms with van der Waals surface area (Å²) in [6.45, 7) is 2.97. The molecule has 3 heterocycles. The van der Waals surface area contributed by atoms with Crippen LogP contribution in [-0.4, -0.2) is 32.8 Å². The number of rotatable bonds is 4. The highest BCUT2D eigenvalue weighted by atomic mass is 19.1. The van der Waals surface area contributed by atoms with Crippen LogP contribution in [0.2, 0.25) is 0 Å². The second-order valence-electron chi connectivity index (χ2n) is 7.07. The van der Waals surface area contributed by atoms with Crippen LogP contribution < -0.4 is 9.64 Å². The van der Waals surface area contributed by atoms with E-state index < -0.39 is 23.2 Å². The van der Waals surface area contributed by atoms with Crippen molar-refractivity contribution in [3.8, 4) is 16.9 Å². The Hall–Kier alpha value is -3.88. The number of aromatic nitrogens is 4. The van der Waals surface area contributed by atoms with Gasteiger partial charge < -0.3 is 4.74 Å². The summed E-state index contributed by atoms with van der Waals surface area (Å²) >= 11 is 0. The molecule has 0 fully saturated rings. The molecular weight excluding hydrogens is 404 g/mol. The summed E-state index contributed by atoms with van der Waals surface area (Å²) in [7, 11) is 3.33. The number of benzene rings is 1. The van der Waals surface area contributed by atoms with E-state index in [1.807, 2.05) is 6.20 Å². The van der Waals surface area contributed by atoms with Gasteiger partial charge in [-0.3, -0.25) is 24.3 Å². The fraction of sp³-hybridized carbons (Fsp3) is 0.182. The lowest BCUT2D eigenvalue weighted by Gasteiger charge is -2.25. The van der Waals surface area contributed by atoms with Crippen molar-refractivity contribution in [2.45, 2.75) is 13.8 Å². The summed E-state index contributed by atoms with van der Waals surface area (Å²) in [5.74, 6) is -1.89. The second kappa shape index (κ2) is 7.75. The minimum Gasteiger partial charge on any atom is -0.496 e. The molecule has 31 heavy (non-hydrogen) atoms. The minimum atomic E-state index is -0.944. The molecule has 4 rings (SSSR count). The fourth-order valence-corrected chi connectivity index (χ4v) is 3.60. The SMILES string of the molecule is COc1cc2ncc(C)c(N(C(C)=O)c3c(F)cncc3F)c2cc1-c1cnn(C)c1. The predicted octanol–water partition coefficient (Wildman–Crippen LogP) is 4.31. The van der Waals surface area contributed by atoms with Crippen LogP contribution in [0.1, 0.15) is 12.5 Å². The normalized spacial score (nSPS) is 11.0. The van der Waals surface area contributed by atoms with Gasteiger partial charge in [-0.05, 0) is 18.6 Å². The summed E-state index contributed by atoms with van der Waals surface area (Å²) < 4.78 is 36.4. The van der Waals surface area contributed by atoms with Crippen molar-refractivity contribution in [2.75, 3.05) is 12.0 Å². The molecule has 0 aliphatic carbocycles. The zero-order chi connectivity index (χ0) is 22.3. The molecule has 0 bridgehead atoms. The Morgan fingerprint density at radius 2 is 1.81 bits per heavy atom. The molecule has 0 spiro atoms. The molecular formula is C22H19F2N5O2. The van der Waals surface area contributed by atoms with Crippen LogP contribution in [0.15, 0.2) is 43.1 Å². The smallest absolute Gasteiger partial charge is 0.228 e. The highest BCUT2D eigenvalue weighted by molar-refractivity contribution is 6.09. The highest BCUT2D eigenvalue weighted by Crippen LogP contribution is 2.41. The molecule has 4 aromatic rings. The number of amides is 1. The standard InChI is InChI=1S/C22H19F2N5O2/c1-12-7-26-19-6-20(31-4)15(14-8-27-28(3)11-14)5-16(19)21(12)29(13(2)30)22-17(23)9-25-10-18(22)24/h5-11H,1-4H3. The van der Waals surface area contributed by atoms with Crippen LogP contribution in [0.25, 0.3) is 22.0 Å². The Kier molecular flexibility index (Phi) is 5.10. The number of carbonyl (C=O) groups is 1. The van der Waals surface area contributed by atoms with Gasteiger partial charge in [0, 0.05) is 48.9 Å². The summed E-state index contributed by atoms with van der Waals surface area (Å²) in [5.41, 5.74) is 2.40. The van der Waals surface area contributed by atoms with Gasteiger partial charge in [-0.1, -0.05) is 0 Å². The van der Waals surface area contributed by atoms with E-state index in [1.165, 1.54) is 6.92 Å². The molecule has 0 saturated carbocycles. The van der Waals surface area contributed by atoms with Gasteiger partial charge in [0.1, 0.15) is 11.4 Å². The van der Waals surface area contributed by atoms with E-state index in [1.54, 1.807) is 50.3 Å². The third kappa shape index (κ3) is 3.48. The van der Waals surface area contributed by atoms with Crippen molar-refractivity contribution in [1.82, 2.24) is 19.7 Å². The Morgan fingerprint density at radius 3 is 2.39 bits per heavy atom. The first-order valence-electron chi connectivity index (χ1n) is 9.38. The van der Waals surface area contributed by atoms with Crippen molar-refractivity contribution in [3.63, 3.8) is 0 Å². The summed E-state index contributed by atoms with van der Waals surface area (Å²) in [5, 5.41) is 4.73. The largest absolute Gasteiger partial charge is 0.496 e. The fourth-order valence-electron chi connectivity index (χ4n) is 3.60. The average molecular weight is 423 g/mol. The van der Waals surface area contributed by atoms with Gasteiger partial charge in [0.2, 0.25) is 5.91 Å². The number of ether oxygens (including phenoxy) is 1. The van der Waals surface area contributed by atoms with Crippen LogP contribution >= 0.6 is 0 Å². The van der Waals surface area contributed by atoms with E-state index >= 15 is 0 Å². The number of halogens is 2. The zero-order valence-corrected chi connectivity index (χ0v) is 17.3. The molecule has 0 unspecified atom stereocenters. The molecule has 0 N–H and O–H groups in total. The molecule has 9 heteroatoms. The van der Waals surface area contributed by atoms with Gasteiger partial charge in [0.25, 0.3) is 0 Å². The Bertz CT molecular complexity index is 1300. The first-order chi connectivity index (χ1) is 14.8. The number of hydrogen-bond donors (Lipinski definition) is 0. The molecule has 7 nitrogen and oxygen atoms in total. The van der Waals surface area contributed by atoms with Crippen LogP contribution in [0.5, 0.6) is 5.75 Å². The van der Waals surface area contributed by atoms with Gasteiger partial charge in [-0.15, -0.1) is 0 Å². The third-order valence-electron chi connectivity index (χ3n) is 4.95. The summed E-state index contributed by atoms with van der Waals surface area (Å²) in [6, 6.07) is 3.51. The maximum atomic E-state index is 14.6. The quantitative estimate of drug-likeness (QED) is 0.489. The molecule has 0 atom stereocenters. The van der Waals surface area contributed by atoms with Crippen molar-refractivity contribution in [2.24, 2.45) is 7.05 Å². The van der Waals surface area contributed by atoms with Gasteiger partial charge >= 0.3 is 0 Å². The molecule has 0 aliphatic rings. The molecule has 1 aromatic carbocycles. The van der Waals surface area contributed by atoms with E-state index in [-0.39, 0.29) is 0 Å². The van der Waals surface area contributed by atoms with E-state index in [0.717, 1.165) is 22.9 Å².